The predicted molar refractivity (Wildman–Crippen MR) is 95.4 cm³/mol. The second-order valence-corrected chi connectivity index (χ2v) is 8.21. The minimum absolute atomic E-state index is 0.0615. The van der Waals surface area contributed by atoms with Crippen molar-refractivity contribution in [1.29, 1.82) is 0 Å². The van der Waals surface area contributed by atoms with E-state index < -0.39 is 15.4 Å². The first-order valence-corrected chi connectivity index (χ1v) is 9.19. The molecule has 130 valence electrons. The molecule has 0 saturated carbocycles. The lowest BCUT2D eigenvalue weighted by molar-refractivity contribution is -0.119. The maximum atomic E-state index is 12.5. The summed E-state index contributed by atoms with van der Waals surface area (Å²) < 4.78 is 27.6. The molecule has 0 saturated heterocycles. The number of carbonyl (C=O) groups excluding carboxylic acids is 2. The molecule has 25 heavy (non-hydrogen) atoms. The fraction of sp³-hybridized carbons (Fsp3) is 0.222. The smallest absolute Gasteiger partial charge is 0.261 e. The molecule has 0 bridgehead atoms. The number of hydrogen-bond acceptors (Lipinski definition) is 4. The van der Waals surface area contributed by atoms with Crippen LogP contribution >= 0.6 is 0 Å². The number of anilines is 2. The molecule has 0 aliphatic carbocycles. The zero-order valence-corrected chi connectivity index (χ0v) is 14.9. The summed E-state index contributed by atoms with van der Waals surface area (Å²) >= 11 is 0. The van der Waals surface area contributed by atoms with Gasteiger partial charge in [-0.15, -0.1) is 0 Å². The monoisotopic (exact) mass is 358 g/mol. The Bertz CT molecular complexity index is 977. The molecule has 1 aliphatic heterocycles. The van der Waals surface area contributed by atoms with Crippen molar-refractivity contribution in [1.82, 2.24) is 0 Å². The van der Waals surface area contributed by atoms with Gasteiger partial charge in [-0.3, -0.25) is 14.3 Å². The Labute approximate surface area is 146 Å². The quantitative estimate of drug-likeness (QED) is 0.822. The molecule has 3 rings (SSSR count). The average Bonchev–Trinajstić information content (AvgIpc) is 2.77. The number of Topliss-reactive ketones (excluding diaryl/α,β-unsaturated/α-hetero) is 1. The molecular formula is C18H18N2O4S. The predicted octanol–water partition coefficient (Wildman–Crippen LogP) is 2.92. The fourth-order valence-electron chi connectivity index (χ4n) is 2.72. The van der Waals surface area contributed by atoms with Crippen molar-refractivity contribution in [3.63, 3.8) is 0 Å². The third-order valence-corrected chi connectivity index (χ3v) is 5.73. The molecule has 0 aromatic heterocycles. The molecule has 2 N–H and O–H groups in total. The van der Waals surface area contributed by atoms with E-state index in [1.54, 1.807) is 32.0 Å². The summed E-state index contributed by atoms with van der Waals surface area (Å²) in [6.07, 6.45) is 0. The van der Waals surface area contributed by atoms with E-state index in [9.17, 15) is 18.0 Å². The molecular weight excluding hydrogens is 340 g/mol. The van der Waals surface area contributed by atoms with Gasteiger partial charge in [0.2, 0.25) is 5.91 Å². The van der Waals surface area contributed by atoms with Gasteiger partial charge in [0.25, 0.3) is 10.0 Å². The van der Waals surface area contributed by atoms with Crippen LogP contribution in [0.3, 0.4) is 0 Å². The normalized spacial score (nSPS) is 15.4. The van der Waals surface area contributed by atoms with Gasteiger partial charge >= 0.3 is 0 Å². The summed E-state index contributed by atoms with van der Waals surface area (Å²) in [6.45, 7) is 4.99. The Kier molecular flexibility index (Phi) is 3.91. The van der Waals surface area contributed by atoms with Gasteiger partial charge in [-0.25, -0.2) is 8.42 Å². The van der Waals surface area contributed by atoms with E-state index in [-0.39, 0.29) is 16.6 Å². The molecule has 0 unspecified atom stereocenters. The molecule has 0 spiro atoms. The lowest BCUT2D eigenvalue weighted by Gasteiger charge is -2.16. The van der Waals surface area contributed by atoms with E-state index in [4.69, 9.17) is 0 Å². The van der Waals surface area contributed by atoms with Crippen LogP contribution in [-0.4, -0.2) is 20.1 Å². The highest BCUT2D eigenvalue weighted by Gasteiger charge is 2.38. The number of benzene rings is 2. The fourth-order valence-corrected chi connectivity index (χ4v) is 3.77. The van der Waals surface area contributed by atoms with E-state index in [0.29, 0.717) is 16.9 Å². The lowest BCUT2D eigenvalue weighted by Crippen LogP contribution is -2.26. The number of carbonyl (C=O) groups is 2. The topological polar surface area (TPSA) is 92.3 Å². The van der Waals surface area contributed by atoms with Gasteiger partial charge in [-0.1, -0.05) is 12.1 Å². The summed E-state index contributed by atoms with van der Waals surface area (Å²) in [5.74, 6) is -0.253. The number of amides is 1. The van der Waals surface area contributed by atoms with E-state index in [2.05, 4.69) is 10.0 Å². The molecule has 2 aromatic rings. The summed E-state index contributed by atoms with van der Waals surface area (Å²) in [5, 5.41) is 2.78. The maximum absolute atomic E-state index is 12.5. The first-order chi connectivity index (χ1) is 11.6. The molecule has 7 heteroatoms. The Morgan fingerprint density at radius 3 is 2.32 bits per heavy atom. The number of ketones is 1. The van der Waals surface area contributed by atoms with E-state index in [1.165, 1.54) is 31.2 Å². The van der Waals surface area contributed by atoms with E-state index >= 15 is 0 Å². The van der Waals surface area contributed by atoms with Crippen LogP contribution in [0.1, 0.15) is 36.7 Å². The third-order valence-electron chi connectivity index (χ3n) is 4.33. The summed E-state index contributed by atoms with van der Waals surface area (Å²) in [6, 6.07) is 10.7. The number of rotatable bonds is 4. The number of hydrogen-bond donors (Lipinski definition) is 2. The third kappa shape index (κ3) is 3.02. The van der Waals surface area contributed by atoms with Crippen molar-refractivity contribution >= 4 is 33.1 Å². The molecule has 6 nitrogen and oxygen atoms in total. The highest BCUT2D eigenvalue weighted by atomic mass is 32.2. The van der Waals surface area contributed by atoms with Crippen molar-refractivity contribution in [2.24, 2.45) is 0 Å². The van der Waals surface area contributed by atoms with Gasteiger partial charge in [0.1, 0.15) is 0 Å². The molecule has 1 heterocycles. The number of nitrogens with one attached hydrogen (secondary N) is 2. The largest absolute Gasteiger partial charge is 0.325 e. The van der Waals surface area contributed by atoms with E-state index in [0.717, 1.165) is 5.56 Å². The number of fused-ring (bicyclic) bond motifs is 1. The number of sulfonamides is 1. The van der Waals surface area contributed by atoms with Gasteiger partial charge in [0.15, 0.2) is 5.78 Å². The van der Waals surface area contributed by atoms with E-state index in [1.807, 2.05) is 0 Å². The first-order valence-electron chi connectivity index (χ1n) is 7.71. The van der Waals surface area contributed by atoms with Crippen LogP contribution < -0.4 is 10.0 Å². The maximum Gasteiger partial charge on any atom is 0.261 e. The van der Waals surface area contributed by atoms with Crippen LogP contribution in [0, 0.1) is 0 Å². The molecule has 0 radical (unpaired) electrons. The second kappa shape index (κ2) is 5.70. The van der Waals surface area contributed by atoms with Crippen LogP contribution in [0.15, 0.2) is 47.4 Å². The lowest BCUT2D eigenvalue weighted by atomic mass is 9.86. The Morgan fingerprint density at radius 1 is 1.08 bits per heavy atom. The minimum atomic E-state index is -3.79. The zero-order chi connectivity index (χ0) is 18.4. The standard InChI is InChI=1S/C18H18N2O4S/c1-11(21)12-4-7-14(8-5-12)25(23,24)20-13-6-9-16-15(10-13)18(2,3)17(22)19-16/h4-10,20H,1-3H3,(H,19,22). The Morgan fingerprint density at radius 2 is 1.72 bits per heavy atom. The first kappa shape index (κ1) is 17.2. The Balaban J connectivity index is 1.91. The molecule has 0 atom stereocenters. The highest BCUT2D eigenvalue weighted by molar-refractivity contribution is 7.92. The van der Waals surface area contributed by atoms with Crippen LogP contribution in [-0.2, 0) is 20.2 Å². The van der Waals surface area contributed by atoms with Gasteiger partial charge in [-0.05, 0) is 56.7 Å². The van der Waals surface area contributed by atoms with Gasteiger partial charge in [-0.2, -0.15) is 0 Å². The van der Waals surface area contributed by atoms with Gasteiger partial charge in [0, 0.05) is 16.9 Å². The van der Waals surface area contributed by atoms with Crippen molar-refractivity contribution in [3.8, 4) is 0 Å². The van der Waals surface area contributed by atoms with Crippen molar-refractivity contribution < 1.29 is 18.0 Å². The molecule has 1 amide bonds. The molecule has 0 fully saturated rings. The van der Waals surface area contributed by atoms with Crippen molar-refractivity contribution in [3.05, 3.63) is 53.6 Å². The van der Waals surface area contributed by atoms with Crippen LogP contribution in [0.5, 0.6) is 0 Å². The van der Waals surface area contributed by atoms with Crippen molar-refractivity contribution in [2.45, 2.75) is 31.1 Å². The van der Waals surface area contributed by atoms with Crippen LogP contribution in [0.4, 0.5) is 11.4 Å². The van der Waals surface area contributed by atoms with Crippen LogP contribution in [0.2, 0.25) is 0 Å². The molecule has 2 aromatic carbocycles. The summed E-state index contributed by atoms with van der Waals surface area (Å²) in [5.41, 5.74) is 1.52. The van der Waals surface area contributed by atoms with Crippen LogP contribution in [0.25, 0.3) is 0 Å². The zero-order valence-electron chi connectivity index (χ0n) is 14.1. The average molecular weight is 358 g/mol. The highest BCUT2D eigenvalue weighted by Crippen LogP contribution is 2.39. The van der Waals surface area contributed by atoms with Crippen molar-refractivity contribution in [2.75, 3.05) is 10.0 Å². The molecule has 1 aliphatic rings. The summed E-state index contributed by atoms with van der Waals surface area (Å²) in [4.78, 5) is 23.3. The summed E-state index contributed by atoms with van der Waals surface area (Å²) in [7, 11) is -3.79. The SMILES string of the molecule is CC(=O)c1ccc(S(=O)(=O)Nc2ccc3c(c2)C(C)(C)C(=O)N3)cc1. The minimum Gasteiger partial charge on any atom is -0.325 e. The van der Waals surface area contributed by atoms with Gasteiger partial charge < -0.3 is 5.32 Å². The van der Waals surface area contributed by atoms with Gasteiger partial charge in [0.05, 0.1) is 10.3 Å². The Hall–Kier alpha value is -2.67. The second-order valence-electron chi connectivity index (χ2n) is 6.53.